The number of nitrogens with one attached hydrogen (secondary N) is 1. The number of hydrogen-bond acceptors (Lipinski definition) is 3. The van der Waals surface area contributed by atoms with Gasteiger partial charge < -0.3 is 15.0 Å². The van der Waals surface area contributed by atoms with Gasteiger partial charge in [-0.15, -0.1) is 0 Å². The molecule has 0 spiro atoms. The van der Waals surface area contributed by atoms with Crippen molar-refractivity contribution in [1.29, 1.82) is 0 Å². The fraction of sp³-hybridized carbons (Fsp3) is 0.300. The first-order valence-corrected chi connectivity index (χ1v) is 8.62. The normalized spacial score (nSPS) is 16.6. The maximum absolute atomic E-state index is 13.4. The summed E-state index contributed by atoms with van der Waals surface area (Å²) < 4.78 is 18.7. The fourth-order valence-electron chi connectivity index (χ4n) is 3.03. The zero-order chi connectivity index (χ0) is 18.5. The number of carbonyl (C=O) groups is 2. The summed E-state index contributed by atoms with van der Waals surface area (Å²) in [6.07, 6.45) is 0.447. The molecule has 2 aromatic rings. The Bertz CT molecular complexity index is 792. The molecule has 2 amide bonds. The summed E-state index contributed by atoms with van der Waals surface area (Å²) in [4.78, 5) is 25.9. The Morgan fingerprint density at radius 3 is 2.73 bits per heavy atom. The standard InChI is InChI=1S/C20H21FN2O3/c1-2-26-18-8-6-14(7-9-18)10-19(24)22-16-12-20(25)23(13-16)17-5-3-4-15(21)11-17/h3-9,11,16H,2,10,12-13H2,1H3,(H,22,24)/t16-/m0/s1. The summed E-state index contributed by atoms with van der Waals surface area (Å²) in [6, 6.07) is 13.0. The van der Waals surface area contributed by atoms with Gasteiger partial charge in [0.25, 0.3) is 0 Å². The minimum Gasteiger partial charge on any atom is -0.494 e. The van der Waals surface area contributed by atoms with Crippen LogP contribution >= 0.6 is 0 Å². The smallest absolute Gasteiger partial charge is 0.229 e. The lowest BCUT2D eigenvalue weighted by molar-refractivity contribution is -0.121. The van der Waals surface area contributed by atoms with Crippen LogP contribution in [0.1, 0.15) is 18.9 Å². The molecule has 1 heterocycles. The van der Waals surface area contributed by atoms with Gasteiger partial charge in [-0.25, -0.2) is 4.39 Å². The van der Waals surface area contributed by atoms with Crippen molar-refractivity contribution in [3.63, 3.8) is 0 Å². The van der Waals surface area contributed by atoms with E-state index in [2.05, 4.69) is 5.32 Å². The lowest BCUT2D eigenvalue weighted by Gasteiger charge is -2.17. The molecule has 0 radical (unpaired) electrons. The SMILES string of the molecule is CCOc1ccc(CC(=O)N[C@H]2CC(=O)N(c3cccc(F)c3)C2)cc1. The topological polar surface area (TPSA) is 58.6 Å². The molecule has 136 valence electrons. The Labute approximate surface area is 151 Å². The van der Waals surface area contributed by atoms with Gasteiger partial charge in [-0.05, 0) is 42.8 Å². The van der Waals surface area contributed by atoms with Gasteiger partial charge in [0, 0.05) is 18.7 Å². The van der Waals surface area contributed by atoms with Crippen LogP contribution in [0.15, 0.2) is 48.5 Å². The van der Waals surface area contributed by atoms with Crippen LogP contribution in [0.2, 0.25) is 0 Å². The Kier molecular flexibility index (Phi) is 5.51. The van der Waals surface area contributed by atoms with Crippen LogP contribution in [0.5, 0.6) is 5.75 Å². The lowest BCUT2D eigenvalue weighted by atomic mass is 10.1. The molecule has 1 N–H and O–H groups in total. The van der Waals surface area contributed by atoms with Crippen LogP contribution in [-0.2, 0) is 16.0 Å². The minimum atomic E-state index is -0.390. The monoisotopic (exact) mass is 356 g/mol. The molecule has 0 aliphatic carbocycles. The van der Waals surface area contributed by atoms with Gasteiger partial charge in [0.15, 0.2) is 0 Å². The van der Waals surface area contributed by atoms with Gasteiger partial charge in [-0.2, -0.15) is 0 Å². The quantitative estimate of drug-likeness (QED) is 0.866. The number of anilines is 1. The van der Waals surface area contributed by atoms with Gasteiger partial charge in [0.1, 0.15) is 11.6 Å². The number of amides is 2. The van der Waals surface area contributed by atoms with Gasteiger partial charge in [0.2, 0.25) is 11.8 Å². The van der Waals surface area contributed by atoms with Gasteiger partial charge in [-0.1, -0.05) is 18.2 Å². The van der Waals surface area contributed by atoms with Crippen molar-refractivity contribution >= 4 is 17.5 Å². The van der Waals surface area contributed by atoms with Crippen LogP contribution in [0, 0.1) is 5.82 Å². The van der Waals surface area contributed by atoms with E-state index in [1.54, 1.807) is 12.1 Å². The molecule has 1 atom stereocenters. The van der Waals surface area contributed by atoms with E-state index in [9.17, 15) is 14.0 Å². The number of carbonyl (C=O) groups excluding carboxylic acids is 2. The van der Waals surface area contributed by atoms with Gasteiger partial charge in [0.05, 0.1) is 19.1 Å². The summed E-state index contributed by atoms with van der Waals surface area (Å²) in [5, 5.41) is 2.89. The van der Waals surface area contributed by atoms with Crippen molar-refractivity contribution in [3.8, 4) is 5.75 Å². The van der Waals surface area contributed by atoms with Crippen molar-refractivity contribution < 1.29 is 18.7 Å². The Balaban J connectivity index is 1.56. The molecule has 0 saturated carbocycles. The number of hydrogen-bond donors (Lipinski definition) is 1. The molecule has 5 nitrogen and oxygen atoms in total. The number of halogens is 1. The minimum absolute atomic E-state index is 0.123. The number of rotatable bonds is 6. The summed E-state index contributed by atoms with van der Waals surface area (Å²) in [7, 11) is 0. The zero-order valence-corrected chi connectivity index (χ0v) is 14.6. The van der Waals surface area contributed by atoms with Crippen LogP contribution in [0.4, 0.5) is 10.1 Å². The highest BCUT2D eigenvalue weighted by molar-refractivity contribution is 5.96. The molecule has 1 aliphatic heterocycles. The fourth-order valence-corrected chi connectivity index (χ4v) is 3.03. The maximum Gasteiger partial charge on any atom is 0.229 e. The van der Waals surface area contributed by atoms with E-state index in [1.807, 2.05) is 31.2 Å². The molecular formula is C20H21FN2O3. The summed E-state index contributed by atoms with van der Waals surface area (Å²) in [5.74, 6) is 0.108. The third-order valence-electron chi connectivity index (χ3n) is 4.21. The average Bonchev–Trinajstić information content (AvgIpc) is 2.97. The molecule has 1 saturated heterocycles. The van der Waals surface area contributed by atoms with Crippen molar-refractivity contribution in [2.75, 3.05) is 18.1 Å². The van der Waals surface area contributed by atoms with Crippen molar-refractivity contribution in [1.82, 2.24) is 5.32 Å². The third-order valence-corrected chi connectivity index (χ3v) is 4.21. The summed E-state index contributed by atoms with van der Waals surface area (Å²) in [5.41, 5.74) is 1.38. The summed E-state index contributed by atoms with van der Waals surface area (Å²) in [6.45, 7) is 2.85. The van der Waals surface area contributed by atoms with E-state index in [-0.39, 0.29) is 30.7 Å². The first-order chi connectivity index (χ1) is 12.5. The van der Waals surface area contributed by atoms with E-state index in [0.717, 1.165) is 11.3 Å². The van der Waals surface area contributed by atoms with E-state index < -0.39 is 5.82 Å². The van der Waals surface area contributed by atoms with Crippen LogP contribution in [0.3, 0.4) is 0 Å². The largest absolute Gasteiger partial charge is 0.494 e. The Morgan fingerprint density at radius 1 is 1.27 bits per heavy atom. The molecule has 26 heavy (non-hydrogen) atoms. The van der Waals surface area contributed by atoms with E-state index in [0.29, 0.717) is 18.8 Å². The molecule has 0 bridgehead atoms. The molecule has 6 heteroatoms. The van der Waals surface area contributed by atoms with Crippen molar-refractivity contribution in [2.45, 2.75) is 25.8 Å². The zero-order valence-electron chi connectivity index (χ0n) is 14.6. The third kappa shape index (κ3) is 4.39. The average molecular weight is 356 g/mol. The Morgan fingerprint density at radius 2 is 2.04 bits per heavy atom. The Hall–Kier alpha value is -2.89. The van der Waals surface area contributed by atoms with E-state index in [4.69, 9.17) is 4.74 Å². The van der Waals surface area contributed by atoms with Crippen molar-refractivity contribution in [2.24, 2.45) is 0 Å². The number of benzene rings is 2. The second-order valence-electron chi connectivity index (χ2n) is 6.21. The second-order valence-corrected chi connectivity index (χ2v) is 6.21. The van der Waals surface area contributed by atoms with Gasteiger partial charge in [-0.3, -0.25) is 9.59 Å². The predicted octanol–water partition coefficient (Wildman–Crippen LogP) is 2.69. The highest BCUT2D eigenvalue weighted by Gasteiger charge is 2.31. The van der Waals surface area contributed by atoms with E-state index in [1.165, 1.54) is 17.0 Å². The van der Waals surface area contributed by atoms with Crippen LogP contribution in [-0.4, -0.2) is 31.0 Å². The van der Waals surface area contributed by atoms with Crippen LogP contribution < -0.4 is 15.0 Å². The maximum atomic E-state index is 13.4. The van der Waals surface area contributed by atoms with E-state index >= 15 is 0 Å². The highest BCUT2D eigenvalue weighted by Crippen LogP contribution is 2.22. The number of nitrogens with zero attached hydrogens (tertiary/aromatic N) is 1. The first kappa shape index (κ1) is 17.9. The van der Waals surface area contributed by atoms with Gasteiger partial charge >= 0.3 is 0 Å². The second kappa shape index (κ2) is 7.99. The lowest BCUT2D eigenvalue weighted by Crippen LogP contribution is -2.38. The molecule has 1 fully saturated rings. The molecule has 2 aromatic carbocycles. The molecule has 1 aliphatic rings. The highest BCUT2D eigenvalue weighted by atomic mass is 19.1. The molecule has 3 rings (SSSR count). The number of ether oxygens (including phenoxy) is 1. The predicted molar refractivity (Wildman–Crippen MR) is 96.6 cm³/mol. The van der Waals surface area contributed by atoms with Crippen molar-refractivity contribution in [3.05, 3.63) is 59.9 Å². The molecule has 0 aromatic heterocycles. The first-order valence-electron chi connectivity index (χ1n) is 8.62. The molecule has 0 unspecified atom stereocenters. The molecular weight excluding hydrogens is 335 g/mol. The van der Waals surface area contributed by atoms with Crippen LogP contribution in [0.25, 0.3) is 0 Å². The summed E-state index contributed by atoms with van der Waals surface area (Å²) >= 11 is 0.